The molecule has 1 amide bonds. The van der Waals surface area contributed by atoms with Gasteiger partial charge in [0.15, 0.2) is 0 Å². The van der Waals surface area contributed by atoms with E-state index in [1.165, 1.54) is 6.42 Å². The molecule has 2 N–H and O–H groups in total. The zero-order chi connectivity index (χ0) is 17.5. The monoisotopic (exact) mass is 394 g/mol. The second-order valence-corrected chi connectivity index (χ2v) is 6.75. The van der Waals surface area contributed by atoms with E-state index in [4.69, 9.17) is 16.3 Å². The van der Waals surface area contributed by atoms with Gasteiger partial charge in [0.1, 0.15) is 12.4 Å². The standard InChI is InChI=1S/C20H23ClN2O2.ClH/c21-17-7-5-16(6-8-17)14-25-19-4-2-1-3-18(19)20(24)23-12-10-15-9-11-22-13-15;/h1-8,15,22H,9-14H2,(H,23,24);1H. The van der Waals surface area contributed by atoms with Gasteiger partial charge in [0.2, 0.25) is 0 Å². The van der Waals surface area contributed by atoms with Crippen molar-refractivity contribution in [1.29, 1.82) is 0 Å². The molecule has 0 bridgehead atoms. The van der Waals surface area contributed by atoms with E-state index in [-0.39, 0.29) is 18.3 Å². The van der Waals surface area contributed by atoms with Gasteiger partial charge in [0.05, 0.1) is 5.56 Å². The molecular weight excluding hydrogens is 371 g/mol. The lowest BCUT2D eigenvalue weighted by Gasteiger charge is -2.13. The van der Waals surface area contributed by atoms with Crippen LogP contribution in [0.1, 0.15) is 28.8 Å². The summed E-state index contributed by atoms with van der Waals surface area (Å²) in [6.07, 6.45) is 2.20. The number of hydrogen-bond acceptors (Lipinski definition) is 3. The number of hydrogen-bond donors (Lipinski definition) is 2. The Kier molecular flexibility index (Phi) is 8.23. The molecule has 3 rings (SSSR count). The van der Waals surface area contributed by atoms with Gasteiger partial charge in [-0.15, -0.1) is 12.4 Å². The number of amides is 1. The van der Waals surface area contributed by atoms with Crippen LogP contribution in [0.3, 0.4) is 0 Å². The molecule has 26 heavy (non-hydrogen) atoms. The quantitative estimate of drug-likeness (QED) is 0.743. The molecule has 2 aromatic rings. The Balaban J connectivity index is 0.00000243. The lowest BCUT2D eigenvalue weighted by Crippen LogP contribution is -2.26. The Bertz CT molecular complexity index is 701. The van der Waals surface area contributed by atoms with Crippen molar-refractivity contribution in [2.45, 2.75) is 19.4 Å². The fourth-order valence-corrected chi connectivity index (χ4v) is 3.09. The van der Waals surface area contributed by atoms with Gasteiger partial charge in [-0.1, -0.05) is 35.9 Å². The van der Waals surface area contributed by atoms with Gasteiger partial charge in [-0.2, -0.15) is 0 Å². The van der Waals surface area contributed by atoms with Crippen LogP contribution in [-0.4, -0.2) is 25.5 Å². The molecule has 1 aliphatic heterocycles. The Labute approximate surface area is 165 Å². The number of nitrogens with one attached hydrogen (secondary N) is 2. The molecule has 1 fully saturated rings. The van der Waals surface area contributed by atoms with Crippen LogP contribution in [0.4, 0.5) is 0 Å². The predicted octanol–water partition coefficient (Wildman–Crippen LogP) is 4.07. The molecule has 2 aromatic carbocycles. The first-order valence-corrected chi connectivity index (χ1v) is 9.05. The molecule has 1 atom stereocenters. The van der Waals surface area contributed by atoms with E-state index in [1.54, 1.807) is 6.07 Å². The maximum Gasteiger partial charge on any atom is 0.255 e. The Hall–Kier alpha value is -1.75. The van der Waals surface area contributed by atoms with Crippen LogP contribution >= 0.6 is 24.0 Å². The lowest BCUT2D eigenvalue weighted by molar-refractivity contribution is 0.0947. The van der Waals surface area contributed by atoms with E-state index in [1.807, 2.05) is 42.5 Å². The molecule has 0 spiro atoms. The van der Waals surface area contributed by atoms with Gasteiger partial charge in [0.25, 0.3) is 5.91 Å². The second kappa shape index (κ2) is 10.4. The fourth-order valence-electron chi connectivity index (χ4n) is 2.97. The van der Waals surface area contributed by atoms with Crippen LogP contribution in [0, 0.1) is 5.92 Å². The van der Waals surface area contributed by atoms with E-state index >= 15 is 0 Å². The van der Waals surface area contributed by atoms with Crippen molar-refractivity contribution in [2.75, 3.05) is 19.6 Å². The molecule has 4 nitrogen and oxygen atoms in total. The highest BCUT2D eigenvalue weighted by Gasteiger charge is 2.16. The van der Waals surface area contributed by atoms with Crippen molar-refractivity contribution in [3.63, 3.8) is 0 Å². The first-order chi connectivity index (χ1) is 12.2. The highest BCUT2D eigenvalue weighted by molar-refractivity contribution is 6.30. The topological polar surface area (TPSA) is 50.4 Å². The van der Waals surface area contributed by atoms with Gasteiger partial charge in [0, 0.05) is 11.6 Å². The third-order valence-electron chi connectivity index (χ3n) is 4.44. The number of carbonyl (C=O) groups is 1. The fraction of sp³-hybridized carbons (Fsp3) is 0.350. The number of benzene rings is 2. The van der Waals surface area contributed by atoms with E-state index in [2.05, 4.69) is 10.6 Å². The van der Waals surface area contributed by atoms with Crippen LogP contribution in [0.5, 0.6) is 5.75 Å². The molecule has 0 saturated carbocycles. The summed E-state index contributed by atoms with van der Waals surface area (Å²) in [6, 6.07) is 14.8. The molecular formula is C20H24Cl2N2O2. The summed E-state index contributed by atoms with van der Waals surface area (Å²) >= 11 is 5.89. The summed E-state index contributed by atoms with van der Waals surface area (Å²) in [7, 11) is 0. The van der Waals surface area contributed by atoms with E-state index in [0.29, 0.717) is 35.4 Å². The summed E-state index contributed by atoms with van der Waals surface area (Å²) in [5.41, 5.74) is 1.58. The number of halogens is 2. The Morgan fingerprint density at radius 3 is 2.69 bits per heavy atom. The molecule has 0 aromatic heterocycles. The average molecular weight is 395 g/mol. The summed E-state index contributed by atoms with van der Waals surface area (Å²) in [4.78, 5) is 12.5. The third kappa shape index (κ3) is 5.90. The number of para-hydroxylation sites is 1. The van der Waals surface area contributed by atoms with Gasteiger partial charge >= 0.3 is 0 Å². The van der Waals surface area contributed by atoms with Crippen molar-refractivity contribution in [2.24, 2.45) is 5.92 Å². The maximum absolute atomic E-state index is 12.5. The minimum atomic E-state index is -0.0855. The molecule has 140 valence electrons. The van der Waals surface area contributed by atoms with Crippen LogP contribution in [0.15, 0.2) is 48.5 Å². The summed E-state index contributed by atoms with van der Waals surface area (Å²) in [5, 5.41) is 7.05. The second-order valence-electron chi connectivity index (χ2n) is 6.31. The highest BCUT2D eigenvalue weighted by Crippen LogP contribution is 2.20. The normalized spacial score (nSPS) is 16.0. The van der Waals surface area contributed by atoms with Crippen molar-refractivity contribution in [1.82, 2.24) is 10.6 Å². The van der Waals surface area contributed by atoms with Crippen molar-refractivity contribution in [3.05, 3.63) is 64.7 Å². The van der Waals surface area contributed by atoms with E-state index in [0.717, 1.165) is 25.1 Å². The zero-order valence-electron chi connectivity index (χ0n) is 14.5. The number of rotatable bonds is 7. The third-order valence-corrected chi connectivity index (χ3v) is 4.69. The van der Waals surface area contributed by atoms with Crippen LogP contribution in [0.2, 0.25) is 5.02 Å². The lowest BCUT2D eigenvalue weighted by atomic mass is 10.1. The molecule has 1 saturated heterocycles. The predicted molar refractivity (Wildman–Crippen MR) is 107 cm³/mol. The molecule has 6 heteroatoms. The van der Waals surface area contributed by atoms with Crippen molar-refractivity contribution < 1.29 is 9.53 Å². The van der Waals surface area contributed by atoms with E-state index in [9.17, 15) is 4.79 Å². The van der Waals surface area contributed by atoms with Gasteiger partial charge in [-0.05, 0) is 61.7 Å². The summed E-state index contributed by atoms with van der Waals surface area (Å²) in [6.45, 7) is 3.22. The minimum Gasteiger partial charge on any atom is -0.488 e. The average Bonchev–Trinajstić information content (AvgIpc) is 3.15. The SMILES string of the molecule is Cl.O=C(NCCC1CCNC1)c1ccccc1OCc1ccc(Cl)cc1. The summed E-state index contributed by atoms with van der Waals surface area (Å²) in [5.74, 6) is 1.17. The molecule has 1 heterocycles. The zero-order valence-corrected chi connectivity index (χ0v) is 16.1. The van der Waals surface area contributed by atoms with E-state index < -0.39 is 0 Å². The molecule has 1 aliphatic rings. The number of carbonyl (C=O) groups excluding carboxylic acids is 1. The van der Waals surface area contributed by atoms with Crippen molar-refractivity contribution in [3.8, 4) is 5.75 Å². The van der Waals surface area contributed by atoms with Crippen molar-refractivity contribution >= 4 is 29.9 Å². The molecule has 0 radical (unpaired) electrons. The van der Waals surface area contributed by atoms with Crippen LogP contribution in [-0.2, 0) is 6.61 Å². The highest BCUT2D eigenvalue weighted by atomic mass is 35.5. The van der Waals surface area contributed by atoms with Gasteiger partial charge < -0.3 is 15.4 Å². The molecule has 0 aliphatic carbocycles. The first kappa shape index (κ1) is 20.6. The van der Waals surface area contributed by atoms with Crippen LogP contribution < -0.4 is 15.4 Å². The Morgan fingerprint density at radius 1 is 1.19 bits per heavy atom. The Morgan fingerprint density at radius 2 is 1.96 bits per heavy atom. The minimum absolute atomic E-state index is 0. The van der Waals surface area contributed by atoms with Gasteiger partial charge in [-0.25, -0.2) is 0 Å². The molecule has 1 unspecified atom stereocenters. The van der Waals surface area contributed by atoms with Gasteiger partial charge in [-0.3, -0.25) is 4.79 Å². The summed E-state index contributed by atoms with van der Waals surface area (Å²) < 4.78 is 5.85. The smallest absolute Gasteiger partial charge is 0.255 e. The first-order valence-electron chi connectivity index (χ1n) is 8.67. The van der Waals surface area contributed by atoms with Crippen LogP contribution in [0.25, 0.3) is 0 Å². The maximum atomic E-state index is 12.5. The number of ether oxygens (including phenoxy) is 1. The largest absolute Gasteiger partial charge is 0.488 e.